The predicted octanol–water partition coefficient (Wildman–Crippen LogP) is 1.34. The molecule has 1 aromatic carbocycles. The lowest BCUT2D eigenvalue weighted by atomic mass is 10.1. The van der Waals surface area contributed by atoms with Gasteiger partial charge in [-0.3, -0.25) is 9.59 Å². The Labute approximate surface area is 123 Å². The molecule has 6 heteroatoms. The molecule has 0 unspecified atom stereocenters. The van der Waals surface area contributed by atoms with E-state index in [0.717, 1.165) is 6.42 Å². The third-order valence-electron chi connectivity index (χ3n) is 2.53. The lowest BCUT2D eigenvalue weighted by molar-refractivity contribution is -0.150. The number of carbonyl (C=O) groups is 3. The van der Waals surface area contributed by atoms with Crippen molar-refractivity contribution in [2.75, 3.05) is 19.8 Å². The molecule has 0 saturated heterocycles. The SMILES string of the molecule is CCCNC(=O)COC(=O)COc1cccc(C(C)=O)c1. The third kappa shape index (κ3) is 6.56. The van der Waals surface area contributed by atoms with Gasteiger partial charge in [0.15, 0.2) is 19.0 Å². The van der Waals surface area contributed by atoms with Crippen molar-refractivity contribution in [1.82, 2.24) is 5.32 Å². The maximum atomic E-state index is 11.4. The van der Waals surface area contributed by atoms with E-state index < -0.39 is 5.97 Å². The second-order valence-corrected chi connectivity index (χ2v) is 4.38. The number of esters is 1. The van der Waals surface area contributed by atoms with Crippen LogP contribution < -0.4 is 10.1 Å². The van der Waals surface area contributed by atoms with Gasteiger partial charge in [-0.05, 0) is 25.5 Å². The molecule has 114 valence electrons. The normalized spacial score (nSPS) is 9.81. The highest BCUT2D eigenvalue weighted by molar-refractivity contribution is 5.94. The molecule has 6 nitrogen and oxygen atoms in total. The Morgan fingerprint density at radius 2 is 1.95 bits per heavy atom. The zero-order valence-electron chi connectivity index (χ0n) is 12.2. The topological polar surface area (TPSA) is 81.7 Å². The molecule has 21 heavy (non-hydrogen) atoms. The Bertz CT molecular complexity index is 513. The largest absolute Gasteiger partial charge is 0.482 e. The number of Topliss-reactive ketones (excluding diaryl/α,β-unsaturated/α-hetero) is 1. The van der Waals surface area contributed by atoms with Gasteiger partial charge in [-0.15, -0.1) is 0 Å². The molecule has 0 fully saturated rings. The molecule has 1 N–H and O–H groups in total. The van der Waals surface area contributed by atoms with E-state index in [1.165, 1.54) is 6.92 Å². The van der Waals surface area contributed by atoms with E-state index in [9.17, 15) is 14.4 Å². The first-order chi connectivity index (χ1) is 10.0. The van der Waals surface area contributed by atoms with Crippen molar-refractivity contribution >= 4 is 17.7 Å². The van der Waals surface area contributed by atoms with Crippen LogP contribution in [-0.2, 0) is 14.3 Å². The van der Waals surface area contributed by atoms with Crippen molar-refractivity contribution in [3.8, 4) is 5.75 Å². The van der Waals surface area contributed by atoms with Crippen LogP contribution in [0.3, 0.4) is 0 Å². The number of nitrogens with one attached hydrogen (secondary N) is 1. The molecule has 0 bridgehead atoms. The van der Waals surface area contributed by atoms with Crippen LogP contribution in [0, 0.1) is 0 Å². The highest BCUT2D eigenvalue weighted by Gasteiger charge is 2.08. The van der Waals surface area contributed by atoms with Gasteiger partial charge in [0.1, 0.15) is 5.75 Å². The minimum Gasteiger partial charge on any atom is -0.482 e. The van der Waals surface area contributed by atoms with Gasteiger partial charge in [0.25, 0.3) is 5.91 Å². The van der Waals surface area contributed by atoms with Gasteiger partial charge >= 0.3 is 5.97 Å². The number of ketones is 1. The smallest absolute Gasteiger partial charge is 0.344 e. The van der Waals surface area contributed by atoms with E-state index >= 15 is 0 Å². The van der Waals surface area contributed by atoms with Crippen molar-refractivity contribution in [3.63, 3.8) is 0 Å². The summed E-state index contributed by atoms with van der Waals surface area (Å²) in [4.78, 5) is 33.9. The van der Waals surface area contributed by atoms with E-state index in [-0.39, 0.29) is 24.9 Å². The molecule has 1 rings (SSSR count). The van der Waals surface area contributed by atoms with Crippen LogP contribution in [0.1, 0.15) is 30.6 Å². The Morgan fingerprint density at radius 3 is 2.62 bits per heavy atom. The van der Waals surface area contributed by atoms with Crippen molar-refractivity contribution in [3.05, 3.63) is 29.8 Å². The van der Waals surface area contributed by atoms with Gasteiger partial charge in [-0.25, -0.2) is 4.79 Å². The Kier molecular flexibility index (Phi) is 6.94. The molecule has 0 aliphatic rings. The van der Waals surface area contributed by atoms with E-state index in [1.807, 2.05) is 6.92 Å². The van der Waals surface area contributed by atoms with Gasteiger partial charge < -0.3 is 14.8 Å². The molecular weight excluding hydrogens is 274 g/mol. The van der Waals surface area contributed by atoms with Crippen molar-refractivity contribution in [1.29, 1.82) is 0 Å². The second-order valence-electron chi connectivity index (χ2n) is 4.38. The summed E-state index contributed by atoms with van der Waals surface area (Å²) >= 11 is 0. The lowest BCUT2D eigenvalue weighted by Gasteiger charge is -2.08. The van der Waals surface area contributed by atoms with Crippen LogP contribution >= 0.6 is 0 Å². The number of benzene rings is 1. The average Bonchev–Trinajstić information content (AvgIpc) is 2.49. The van der Waals surface area contributed by atoms with Gasteiger partial charge in [0.2, 0.25) is 0 Å². The highest BCUT2D eigenvalue weighted by atomic mass is 16.6. The first kappa shape index (κ1) is 16.7. The Balaban J connectivity index is 2.34. The minimum absolute atomic E-state index is 0.0874. The molecule has 0 aromatic heterocycles. The van der Waals surface area contributed by atoms with Crippen LogP contribution in [-0.4, -0.2) is 37.4 Å². The molecule has 0 saturated carbocycles. The average molecular weight is 293 g/mol. The number of rotatable bonds is 8. The molecule has 1 amide bonds. The van der Waals surface area contributed by atoms with Crippen LogP contribution in [0.25, 0.3) is 0 Å². The lowest BCUT2D eigenvalue weighted by Crippen LogP contribution is -2.30. The van der Waals surface area contributed by atoms with Gasteiger partial charge in [-0.1, -0.05) is 19.1 Å². The van der Waals surface area contributed by atoms with E-state index in [2.05, 4.69) is 5.32 Å². The molecule has 1 aromatic rings. The summed E-state index contributed by atoms with van der Waals surface area (Å²) in [6, 6.07) is 6.50. The zero-order chi connectivity index (χ0) is 15.7. The maximum absolute atomic E-state index is 11.4. The first-order valence-corrected chi connectivity index (χ1v) is 6.69. The molecule has 0 spiro atoms. The van der Waals surface area contributed by atoms with Crippen molar-refractivity contribution in [2.24, 2.45) is 0 Å². The zero-order valence-corrected chi connectivity index (χ0v) is 12.2. The maximum Gasteiger partial charge on any atom is 0.344 e. The fraction of sp³-hybridized carbons (Fsp3) is 0.400. The number of hydrogen-bond acceptors (Lipinski definition) is 5. The van der Waals surface area contributed by atoms with Gasteiger partial charge in [0, 0.05) is 12.1 Å². The molecular formula is C15H19NO5. The monoisotopic (exact) mass is 293 g/mol. The van der Waals surface area contributed by atoms with Crippen LogP contribution in [0.5, 0.6) is 5.75 Å². The van der Waals surface area contributed by atoms with Crippen molar-refractivity contribution in [2.45, 2.75) is 20.3 Å². The number of hydrogen-bond donors (Lipinski definition) is 1. The quantitative estimate of drug-likeness (QED) is 0.578. The van der Waals surface area contributed by atoms with Crippen LogP contribution in [0.15, 0.2) is 24.3 Å². The summed E-state index contributed by atoms with van der Waals surface area (Å²) < 4.78 is 9.97. The number of ether oxygens (including phenoxy) is 2. The summed E-state index contributed by atoms with van der Waals surface area (Å²) in [6.45, 7) is 3.28. The fourth-order valence-corrected chi connectivity index (χ4v) is 1.45. The molecule has 0 aliphatic heterocycles. The van der Waals surface area contributed by atoms with Crippen LogP contribution in [0.4, 0.5) is 0 Å². The first-order valence-electron chi connectivity index (χ1n) is 6.69. The van der Waals surface area contributed by atoms with Gasteiger partial charge in [-0.2, -0.15) is 0 Å². The standard InChI is InChI=1S/C15H19NO5/c1-3-7-16-14(18)9-21-15(19)10-20-13-6-4-5-12(8-13)11(2)17/h4-6,8H,3,7,9-10H2,1-2H3,(H,16,18). The number of amides is 1. The highest BCUT2D eigenvalue weighted by Crippen LogP contribution is 2.13. The van der Waals surface area contributed by atoms with Crippen LogP contribution in [0.2, 0.25) is 0 Å². The summed E-state index contributed by atoms with van der Waals surface area (Å²) in [6.07, 6.45) is 0.815. The van der Waals surface area contributed by atoms with Gasteiger partial charge in [0.05, 0.1) is 0 Å². The second kappa shape index (κ2) is 8.73. The minimum atomic E-state index is -0.644. The summed E-state index contributed by atoms with van der Waals surface area (Å²) in [5.74, 6) is -0.677. The Hall–Kier alpha value is -2.37. The predicted molar refractivity (Wildman–Crippen MR) is 76.2 cm³/mol. The summed E-state index contributed by atoms with van der Waals surface area (Å²) in [5.41, 5.74) is 0.500. The molecule has 0 atom stereocenters. The molecule has 0 aliphatic carbocycles. The van der Waals surface area contributed by atoms with Crippen molar-refractivity contribution < 1.29 is 23.9 Å². The molecule has 0 heterocycles. The van der Waals surface area contributed by atoms with E-state index in [0.29, 0.717) is 17.9 Å². The van der Waals surface area contributed by atoms with E-state index in [4.69, 9.17) is 9.47 Å². The summed E-state index contributed by atoms with van der Waals surface area (Å²) in [5, 5.41) is 2.59. The molecule has 0 radical (unpaired) electrons. The Morgan fingerprint density at radius 1 is 1.19 bits per heavy atom. The van der Waals surface area contributed by atoms with E-state index in [1.54, 1.807) is 24.3 Å². The third-order valence-corrected chi connectivity index (χ3v) is 2.53. The fourth-order valence-electron chi connectivity index (χ4n) is 1.45. The summed E-state index contributed by atoms with van der Waals surface area (Å²) in [7, 11) is 0. The number of carbonyl (C=O) groups excluding carboxylic acids is 3.